The van der Waals surface area contributed by atoms with Gasteiger partial charge in [-0.05, 0) is 12.1 Å². The molecule has 1 atom stereocenters. The van der Waals surface area contributed by atoms with Gasteiger partial charge in [0, 0.05) is 13.3 Å². The SMILES string of the molecule is CC(F)(F)C(N)Cc1ccco1. The molecule has 0 amide bonds. The van der Waals surface area contributed by atoms with Crippen LogP contribution >= 0.6 is 0 Å². The molecule has 1 heterocycles. The van der Waals surface area contributed by atoms with Gasteiger partial charge in [0.2, 0.25) is 0 Å². The van der Waals surface area contributed by atoms with E-state index in [1.165, 1.54) is 6.26 Å². The van der Waals surface area contributed by atoms with Crippen LogP contribution in [-0.2, 0) is 6.42 Å². The smallest absolute Gasteiger partial charge is 0.260 e. The second kappa shape index (κ2) is 3.23. The Morgan fingerprint density at radius 2 is 2.33 bits per heavy atom. The first-order valence-corrected chi connectivity index (χ1v) is 3.66. The van der Waals surface area contributed by atoms with Crippen molar-refractivity contribution in [2.45, 2.75) is 25.3 Å². The lowest BCUT2D eigenvalue weighted by Gasteiger charge is -2.17. The van der Waals surface area contributed by atoms with Gasteiger partial charge >= 0.3 is 0 Å². The van der Waals surface area contributed by atoms with E-state index in [1.54, 1.807) is 12.1 Å². The molecule has 1 rings (SSSR count). The molecule has 0 bridgehead atoms. The number of rotatable bonds is 3. The largest absolute Gasteiger partial charge is 0.469 e. The highest BCUT2D eigenvalue weighted by molar-refractivity contribution is 5.01. The van der Waals surface area contributed by atoms with E-state index in [2.05, 4.69) is 0 Å². The molecule has 4 heteroatoms. The summed E-state index contributed by atoms with van der Waals surface area (Å²) in [6.45, 7) is 0.806. The molecule has 0 aliphatic rings. The highest BCUT2D eigenvalue weighted by atomic mass is 19.3. The van der Waals surface area contributed by atoms with Crippen molar-refractivity contribution in [3.05, 3.63) is 24.2 Å². The molecule has 0 spiro atoms. The minimum atomic E-state index is -2.85. The van der Waals surface area contributed by atoms with Gasteiger partial charge in [0.1, 0.15) is 5.76 Å². The number of furan rings is 1. The van der Waals surface area contributed by atoms with Crippen molar-refractivity contribution in [1.29, 1.82) is 0 Å². The van der Waals surface area contributed by atoms with E-state index in [-0.39, 0.29) is 6.42 Å². The first-order valence-electron chi connectivity index (χ1n) is 3.66. The number of alkyl halides is 2. The summed E-state index contributed by atoms with van der Waals surface area (Å²) >= 11 is 0. The fraction of sp³-hybridized carbons (Fsp3) is 0.500. The van der Waals surface area contributed by atoms with E-state index in [0.29, 0.717) is 5.76 Å². The van der Waals surface area contributed by atoms with Crippen LogP contribution in [0.1, 0.15) is 12.7 Å². The van der Waals surface area contributed by atoms with Gasteiger partial charge in [0.05, 0.1) is 12.3 Å². The Labute approximate surface area is 69.4 Å². The maximum Gasteiger partial charge on any atom is 0.260 e. The minimum Gasteiger partial charge on any atom is -0.469 e. The maximum atomic E-state index is 12.5. The maximum absolute atomic E-state index is 12.5. The van der Waals surface area contributed by atoms with E-state index >= 15 is 0 Å². The summed E-state index contributed by atoms with van der Waals surface area (Å²) in [5.74, 6) is -2.36. The van der Waals surface area contributed by atoms with Gasteiger partial charge in [0.25, 0.3) is 5.92 Å². The van der Waals surface area contributed by atoms with Crippen molar-refractivity contribution in [1.82, 2.24) is 0 Å². The van der Waals surface area contributed by atoms with Gasteiger partial charge in [-0.2, -0.15) is 0 Å². The van der Waals surface area contributed by atoms with Crippen LogP contribution in [-0.4, -0.2) is 12.0 Å². The highest BCUT2D eigenvalue weighted by Gasteiger charge is 2.31. The molecule has 12 heavy (non-hydrogen) atoms. The summed E-state index contributed by atoms with van der Waals surface area (Å²) in [4.78, 5) is 0. The molecule has 0 aromatic carbocycles. The van der Waals surface area contributed by atoms with Crippen molar-refractivity contribution < 1.29 is 13.2 Å². The van der Waals surface area contributed by atoms with Gasteiger partial charge in [-0.1, -0.05) is 0 Å². The molecular formula is C8H11F2NO. The predicted octanol–water partition coefficient (Wildman–Crippen LogP) is 1.80. The first-order chi connectivity index (χ1) is 5.50. The monoisotopic (exact) mass is 175 g/mol. The van der Waals surface area contributed by atoms with Crippen molar-refractivity contribution in [2.24, 2.45) is 5.73 Å². The molecule has 0 fully saturated rings. The summed E-state index contributed by atoms with van der Waals surface area (Å²) < 4.78 is 30.0. The van der Waals surface area contributed by atoms with E-state index in [1.807, 2.05) is 0 Å². The van der Waals surface area contributed by atoms with Gasteiger partial charge in [-0.15, -0.1) is 0 Å². The van der Waals surface area contributed by atoms with Crippen LogP contribution < -0.4 is 5.73 Å². The van der Waals surface area contributed by atoms with Crippen molar-refractivity contribution in [3.8, 4) is 0 Å². The molecule has 0 saturated heterocycles. The average molecular weight is 175 g/mol. The van der Waals surface area contributed by atoms with Crippen LogP contribution in [0, 0.1) is 0 Å². The molecule has 1 unspecified atom stereocenters. The Bertz CT molecular complexity index is 228. The Hall–Kier alpha value is -0.900. The van der Waals surface area contributed by atoms with Crippen LogP contribution in [0.5, 0.6) is 0 Å². The van der Waals surface area contributed by atoms with E-state index in [9.17, 15) is 8.78 Å². The van der Waals surface area contributed by atoms with Crippen LogP contribution in [0.15, 0.2) is 22.8 Å². The number of nitrogens with two attached hydrogens (primary N) is 1. The van der Waals surface area contributed by atoms with Crippen LogP contribution in [0.2, 0.25) is 0 Å². The Balaban J connectivity index is 2.53. The van der Waals surface area contributed by atoms with E-state index < -0.39 is 12.0 Å². The number of hydrogen-bond donors (Lipinski definition) is 1. The summed E-state index contributed by atoms with van der Waals surface area (Å²) in [5.41, 5.74) is 5.23. The molecule has 68 valence electrons. The normalized spacial score (nSPS) is 14.7. The third kappa shape index (κ3) is 2.30. The van der Waals surface area contributed by atoms with Gasteiger partial charge in [-0.25, -0.2) is 8.78 Å². The lowest BCUT2D eigenvalue weighted by Crippen LogP contribution is -2.39. The van der Waals surface area contributed by atoms with Crippen molar-refractivity contribution >= 4 is 0 Å². The minimum absolute atomic E-state index is 0.0660. The quantitative estimate of drug-likeness (QED) is 0.760. The van der Waals surface area contributed by atoms with Crippen LogP contribution in [0.4, 0.5) is 8.78 Å². The second-order valence-corrected chi connectivity index (χ2v) is 2.85. The summed E-state index contributed by atoms with van der Waals surface area (Å²) in [6.07, 6.45) is 1.51. The molecule has 0 radical (unpaired) electrons. The average Bonchev–Trinajstić information content (AvgIpc) is 2.37. The number of hydrogen-bond acceptors (Lipinski definition) is 2. The molecule has 0 aliphatic carbocycles. The lowest BCUT2D eigenvalue weighted by atomic mass is 10.1. The van der Waals surface area contributed by atoms with Gasteiger partial charge in [-0.3, -0.25) is 0 Å². The third-order valence-electron chi connectivity index (χ3n) is 1.65. The summed E-state index contributed by atoms with van der Waals surface area (Å²) in [6, 6.07) is 2.10. The standard InChI is InChI=1S/C8H11F2NO/c1-8(9,10)7(11)5-6-3-2-4-12-6/h2-4,7H,5,11H2,1H3. The molecule has 0 aliphatic heterocycles. The van der Waals surface area contributed by atoms with Crippen molar-refractivity contribution in [3.63, 3.8) is 0 Å². The number of halogens is 2. The summed E-state index contributed by atoms with van der Waals surface area (Å²) in [5, 5.41) is 0. The first kappa shape index (κ1) is 9.19. The fourth-order valence-corrected chi connectivity index (χ4v) is 0.825. The lowest BCUT2D eigenvalue weighted by molar-refractivity contribution is -0.00651. The van der Waals surface area contributed by atoms with Crippen molar-refractivity contribution in [2.75, 3.05) is 0 Å². The van der Waals surface area contributed by atoms with Gasteiger partial charge < -0.3 is 10.2 Å². The van der Waals surface area contributed by atoms with E-state index in [0.717, 1.165) is 6.92 Å². The highest BCUT2D eigenvalue weighted by Crippen LogP contribution is 2.18. The Kier molecular flexibility index (Phi) is 2.47. The zero-order chi connectivity index (χ0) is 9.19. The summed E-state index contributed by atoms with van der Waals surface area (Å²) in [7, 11) is 0. The molecule has 2 N–H and O–H groups in total. The Morgan fingerprint density at radius 3 is 2.75 bits per heavy atom. The van der Waals surface area contributed by atoms with E-state index in [4.69, 9.17) is 10.2 Å². The second-order valence-electron chi connectivity index (χ2n) is 2.85. The zero-order valence-electron chi connectivity index (χ0n) is 6.76. The molecule has 2 nitrogen and oxygen atoms in total. The molecule has 1 aromatic rings. The van der Waals surface area contributed by atoms with Crippen LogP contribution in [0.25, 0.3) is 0 Å². The predicted molar refractivity (Wildman–Crippen MR) is 41.0 cm³/mol. The van der Waals surface area contributed by atoms with Gasteiger partial charge in [0.15, 0.2) is 0 Å². The zero-order valence-corrected chi connectivity index (χ0v) is 6.76. The molecule has 0 saturated carbocycles. The topological polar surface area (TPSA) is 39.2 Å². The molecule has 1 aromatic heterocycles. The third-order valence-corrected chi connectivity index (χ3v) is 1.65. The van der Waals surface area contributed by atoms with Crippen LogP contribution in [0.3, 0.4) is 0 Å². The fourth-order valence-electron chi connectivity index (χ4n) is 0.825. The Morgan fingerprint density at radius 1 is 1.67 bits per heavy atom. The molecular weight excluding hydrogens is 164 g/mol.